The first kappa shape index (κ1) is 17.5. The molecule has 1 aliphatic heterocycles. The molecule has 1 N–H and O–H groups in total. The second-order valence-electron chi connectivity index (χ2n) is 6.31. The van der Waals surface area contributed by atoms with Crippen LogP contribution in [0, 0.1) is 15.9 Å². The zero-order valence-electron chi connectivity index (χ0n) is 14.1. The molecular formula is C18H15FN4O3S. The van der Waals surface area contributed by atoms with Crippen molar-refractivity contribution in [3.63, 3.8) is 0 Å². The van der Waals surface area contributed by atoms with E-state index in [1.165, 1.54) is 17.4 Å². The van der Waals surface area contributed by atoms with Gasteiger partial charge in [-0.25, -0.2) is 9.37 Å². The van der Waals surface area contributed by atoms with Gasteiger partial charge in [0.05, 0.1) is 15.5 Å². The molecule has 3 heterocycles. The molecule has 0 aliphatic carbocycles. The summed E-state index contributed by atoms with van der Waals surface area (Å²) in [5.74, 6) is 0.0432. The summed E-state index contributed by atoms with van der Waals surface area (Å²) in [6, 6.07) is 7.29. The summed E-state index contributed by atoms with van der Waals surface area (Å²) in [6.07, 6.45) is 0.499. The highest BCUT2D eigenvalue weighted by Crippen LogP contribution is 2.24. The van der Waals surface area contributed by atoms with Crippen molar-refractivity contribution in [3.05, 3.63) is 78.8 Å². The number of aromatic nitrogens is 2. The summed E-state index contributed by atoms with van der Waals surface area (Å²) in [5, 5.41) is 12.8. The number of nitrogens with zero attached hydrogens (tertiary/aromatic N) is 3. The van der Waals surface area contributed by atoms with Crippen LogP contribution in [-0.2, 0) is 19.5 Å². The molecule has 4 rings (SSSR count). The maximum Gasteiger partial charge on any atom is 0.269 e. The van der Waals surface area contributed by atoms with E-state index in [2.05, 4.69) is 9.97 Å². The third-order valence-corrected chi connectivity index (χ3v) is 5.42. The highest BCUT2D eigenvalue weighted by atomic mass is 32.1. The number of fused-ring (bicyclic) bond motifs is 1. The predicted octanol–water partition coefficient (Wildman–Crippen LogP) is 3.10. The molecule has 0 radical (unpaired) electrons. The normalized spacial score (nSPS) is 14.1. The van der Waals surface area contributed by atoms with Crippen LogP contribution < -0.4 is 5.56 Å². The van der Waals surface area contributed by atoms with E-state index in [1.807, 2.05) is 22.4 Å². The molecule has 0 fully saturated rings. The van der Waals surface area contributed by atoms with Crippen molar-refractivity contribution in [1.29, 1.82) is 0 Å². The molecule has 0 spiro atoms. The van der Waals surface area contributed by atoms with Gasteiger partial charge < -0.3 is 4.98 Å². The zero-order chi connectivity index (χ0) is 19.0. The van der Waals surface area contributed by atoms with Crippen LogP contribution in [0.2, 0.25) is 0 Å². The number of nitro benzene ring substituents is 1. The quantitative estimate of drug-likeness (QED) is 0.549. The van der Waals surface area contributed by atoms with Crippen molar-refractivity contribution in [1.82, 2.24) is 14.9 Å². The number of nitro groups is 1. The molecule has 1 aromatic carbocycles. The number of halogens is 1. The van der Waals surface area contributed by atoms with Gasteiger partial charge in [0.15, 0.2) is 5.82 Å². The summed E-state index contributed by atoms with van der Waals surface area (Å²) < 4.78 is 14.1. The number of rotatable bonds is 4. The molecule has 0 saturated heterocycles. The van der Waals surface area contributed by atoms with E-state index < -0.39 is 10.7 Å². The van der Waals surface area contributed by atoms with E-state index in [9.17, 15) is 19.3 Å². The van der Waals surface area contributed by atoms with Crippen LogP contribution in [0.15, 0.2) is 40.5 Å². The Morgan fingerprint density at radius 3 is 2.96 bits per heavy atom. The van der Waals surface area contributed by atoms with Crippen LogP contribution in [0.1, 0.15) is 16.8 Å². The smallest absolute Gasteiger partial charge is 0.269 e. The molecule has 0 atom stereocenters. The monoisotopic (exact) mass is 386 g/mol. The Kier molecular flexibility index (Phi) is 4.54. The Balaban J connectivity index is 1.61. The first-order chi connectivity index (χ1) is 13.0. The third kappa shape index (κ3) is 3.51. The molecule has 0 bridgehead atoms. The molecule has 0 unspecified atom stereocenters. The summed E-state index contributed by atoms with van der Waals surface area (Å²) in [6.45, 7) is 1.16. The second kappa shape index (κ2) is 7.01. The Morgan fingerprint density at radius 1 is 1.37 bits per heavy atom. The summed E-state index contributed by atoms with van der Waals surface area (Å²) in [5.41, 5.74) is 1.28. The molecule has 1 aliphatic rings. The number of hydrogen-bond donors (Lipinski definition) is 1. The lowest BCUT2D eigenvalue weighted by atomic mass is 10.1. The SMILES string of the molecule is O=c1[nH]c(-c2cccs2)nc2c1CCN(Cc1cc([N+](=O)[O-])ccc1F)C2. The molecule has 0 saturated carbocycles. The number of non-ortho nitro benzene ring substituents is 1. The van der Waals surface area contributed by atoms with Crippen molar-refractivity contribution >= 4 is 17.0 Å². The maximum atomic E-state index is 14.1. The van der Waals surface area contributed by atoms with Crippen LogP contribution in [0.3, 0.4) is 0 Å². The maximum absolute atomic E-state index is 14.1. The summed E-state index contributed by atoms with van der Waals surface area (Å²) in [7, 11) is 0. The lowest BCUT2D eigenvalue weighted by Crippen LogP contribution is -2.35. The van der Waals surface area contributed by atoms with E-state index in [1.54, 1.807) is 0 Å². The fraction of sp³-hybridized carbons (Fsp3) is 0.222. The topological polar surface area (TPSA) is 92.1 Å². The minimum absolute atomic E-state index is 0.140. The fourth-order valence-corrected chi connectivity index (χ4v) is 3.86. The van der Waals surface area contributed by atoms with Gasteiger partial charge in [0.1, 0.15) is 5.82 Å². The highest BCUT2D eigenvalue weighted by molar-refractivity contribution is 7.13. The van der Waals surface area contributed by atoms with Gasteiger partial charge in [0.25, 0.3) is 11.2 Å². The lowest BCUT2D eigenvalue weighted by Gasteiger charge is -2.27. The number of hydrogen-bond acceptors (Lipinski definition) is 6. The molecule has 3 aromatic rings. The van der Waals surface area contributed by atoms with Crippen LogP contribution >= 0.6 is 11.3 Å². The van der Waals surface area contributed by atoms with Crippen molar-refractivity contribution in [2.45, 2.75) is 19.5 Å². The summed E-state index contributed by atoms with van der Waals surface area (Å²) >= 11 is 1.49. The van der Waals surface area contributed by atoms with E-state index in [0.29, 0.717) is 36.6 Å². The number of H-pyrrole nitrogens is 1. The van der Waals surface area contributed by atoms with E-state index in [0.717, 1.165) is 17.0 Å². The van der Waals surface area contributed by atoms with Gasteiger partial charge in [-0.3, -0.25) is 19.8 Å². The first-order valence-corrected chi connectivity index (χ1v) is 9.20. The van der Waals surface area contributed by atoms with Gasteiger partial charge in [0, 0.05) is 42.9 Å². The van der Waals surface area contributed by atoms with Gasteiger partial charge >= 0.3 is 0 Å². The third-order valence-electron chi connectivity index (χ3n) is 4.54. The standard InChI is InChI=1S/C18H15FN4O3S/c19-14-4-3-12(23(25)26)8-11(14)9-22-6-5-13-15(10-22)20-17(21-18(13)24)16-2-1-7-27-16/h1-4,7-8H,5-6,9-10H2,(H,20,21,24). The first-order valence-electron chi connectivity index (χ1n) is 8.32. The Bertz CT molecular complexity index is 1060. The molecule has 138 valence electrons. The average Bonchev–Trinajstić information content (AvgIpc) is 3.18. The van der Waals surface area contributed by atoms with Crippen molar-refractivity contribution in [2.75, 3.05) is 6.54 Å². The molecule has 0 amide bonds. The molecule has 9 heteroatoms. The predicted molar refractivity (Wildman–Crippen MR) is 99.0 cm³/mol. The van der Waals surface area contributed by atoms with Gasteiger partial charge in [0.2, 0.25) is 0 Å². The summed E-state index contributed by atoms with van der Waals surface area (Å²) in [4.78, 5) is 33.0. The zero-order valence-corrected chi connectivity index (χ0v) is 15.0. The number of aromatic amines is 1. The van der Waals surface area contributed by atoms with Gasteiger partial charge in [-0.2, -0.15) is 0 Å². The van der Waals surface area contributed by atoms with E-state index in [-0.39, 0.29) is 23.4 Å². The number of nitrogens with one attached hydrogen (secondary N) is 1. The Labute approximate surface area is 157 Å². The lowest BCUT2D eigenvalue weighted by molar-refractivity contribution is -0.385. The van der Waals surface area contributed by atoms with Crippen LogP contribution in [-0.4, -0.2) is 26.3 Å². The molecule has 27 heavy (non-hydrogen) atoms. The average molecular weight is 386 g/mol. The Morgan fingerprint density at radius 2 is 2.22 bits per heavy atom. The van der Waals surface area contributed by atoms with Gasteiger partial charge in [-0.1, -0.05) is 6.07 Å². The number of thiophene rings is 1. The van der Waals surface area contributed by atoms with E-state index in [4.69, 9.17) is 0 Å². The highest BCUT2D eigenvalue weighted by Gasteiger charge is 2.23. The minimum atomic E-state index is -0.539. The molecule has 2 aromatic heterocycles. The second-order valence-corrected chi connectivity index (χ2v) is 7.26. The number of benzene rings is 1. The van der Waals surface area contributed by atoms with Crippen LogP contribution in [0.25, 0.3) is 10.7 Å². The van der Waals surface area contributed by atoms with Crippen molar-refractivity contribution in [3.8, 4) is 10.7 Å². The van der Waals surface area contributed by atoms with E-state index >= 15 is 0 Å². The largest absolute Gasteiger partial charge is 0.306 e. The molecular weight excluding hydrogens is 371 g/mol. The minimum Gasteiger partial charge on any atom is -0.306 e. The van der Waals surface area contributed by atoms with Crippen LogP contribution in [0.4, 0.5) is 10.1 Å². The fourth-order valence-electron chi connectivity index (χ4n) is 3.20. The molecule has 7 nitrogen and oxygen atoms in total. The van der Waals surface area contributed by atoms with Crippen molar-refractivity contribution in [2.24, 2.45) is 0 Å². The van der Waals surface area contributed by atoms with Crippen LogP contribution in [0.5, 0.6) is 0 Å². The van der Waals surface area contributed by atoms with Crippen molar-refractivity contribution < 1.29 is 9.31 Å². The Hall–Kier alpha value is -2.91. The van der Waals surface area contributed by atoms with Gasteiger partial charge in [-0.15, -0.1) is 11.3 Å². The van der Waals surface area contributed by atoms with Gasteiger partial charge in [-0.05, 0) is 23.9 Å².